The lowest BCUT2D eigenvalue weighted by Crippen LogP contribution is -2.34. The number of fused-ring (bicyclic) bond motifs is 1. The van der Waals surface area contributed by atoms with Gasteiger partial charge in [-0.15, -0.1) is 0 Å². The van der Waals surface area contributed by atoms with E-state index in [-0.39, 0.29) is 17.7 Å². The highest BCUT2D eigenvalue weighted by Crippen LogP contribution is 2.25. The fourth-order valence-electron chi connectivity index (χ4n) is 2.71. The van der Waals surface area contributed by atoms with E-state index < -0.39 is 19.0 Å². The smallest absolute Gasteiger partial charge is 0.340 e. The molecule has 3 aromatic rings. The number of carbonyl (C=O) groups is 1. The van der Waals surface area contributed by atoms with Crippen molar-refractivity contribution < 1.29 is 27.1 Å². The molecule has 0 fully saturated rings. The molecule has 1 N–H and O–H groups in total. The molecular weight excluding hydrogens is 418 g/mol. The summed E-state index contributed by atoms with van der Waals surface area (Å²) in [7, 11) is 0. The Hall–Kier alpha value is -3.24. The van der Waals surface area contributed by atoms with Crippen LogP contribution in [-0.4, -0.2) is 44.6 Å². The summed E-state index contributed by atoms with van der Waals surface area (Å²) < 4.78 is 57.0. The van der Waals surface area contributed by atoms with Gasteiger partial charge in [0.05, 0.1) is 17.4 Å². The third-order valence-electron chi connectivity index (χ3n) is 4.40. The number of aromatic nitrogens is 4. The van der Waals surface area contributed by atoms with Gasteiger partial charge in [-0.1, -0.05) is 13.8 Å². The molecule has 0 bridgehead atoms. The lowest BCUT2D eigenvalue weighted by molar-refractivity contribution is -0.148. The van der Waals surface area contributed by atoms with Gasteiger partial charge < -0.3 is 10.1 Å². The first kappa shape index (κ1) is 22.4. The largest absolute Gasteiger partial charge is 0.471 e. The lowest BCUT2D eigenvalue weighted by Gasteiger charge is -2.16. The number of alkyl halides is 4. The minimum Gasteiger partial charge on any atom is -0.471 e. The zero-order valence-corrected chi connectivity index (χ0v) is 17.1. The molecule has 0 spiro atoms. The molecule has 7 nitrogen and oxygen atoms in total. The zero-order valence-electron chi connectivity index (χ0n) is 17.1. The van der Waals surface area contributed by atoms with Gasteiger partial charge in [-0.3, -0.25) is 9.48 Å². The van der Waals surface area contributed by atoms with E-state index in [0.29, 0.717) is 34.4 Å². The van der Waals surface area contributed by atoms with E-state index in [4.69, 9.17) is 4.74 Å². The highest BCUT2D eigenvalue weighted by atomic mass is 19.3. The molecule has 0 aliphatic carbocycles. The van der Waals surface area contributed by atoms with E-state index in [1.54, 1.807) is 50.0 Å². The second-order valence-corrected chi connectivity index (χ2v) is 7.38. The van der Waals surface area contributed by atoms with Crippen LogP contribution in [0.4, 0.5) is 23.4 Å². The average molecular weight is 439 g/mol. The topological polar surface area (TPSA) is 81.9 Å². The molecule has 3 aromatic heterocycles. The number of halogens is 4. The average Bonchev–Trinajstić information content (AvgIpc) is 3.10. The number of ether oxygens (including phenoxy) is 1. The van der Waals surface area contributed by atoms with Crippen LogP contribution >= 0.6 is 0 Å². The first-order valence-electron chi connectivity index (χ1n) is 9.44. The number of nitrogens with zero attached hydrogens (tertiary/aromatic N) is 4. The van der Waals surface area contributed by atoms with E-state index in [0.717, 1.165) is 0 Å². The maximum atomic E-state index is 13.0. The van der Waals surface area contributed by atoms with Gasteiger partial charge in [0, 0.05) is 30.1 Å². The summed E-state index contributed by atoms with van der Waals surface area (Å²) in [6.45, 7) is 3.97. The molecule has 0 aromatic carbocycles. The number of hydrogen-bond donors (Lipinski definition) is 1. The first-order chi connectivity index (χ1) is 14.6. The fourth-order valence-corrected chi connectivity index (χ4v) is 2.71. The molecule has 0 unspecified atom stereocenters. The fraction of sp³-hybridized carbons (Fsp3) is 0.400. The van der Waals surface area contributed by atoms with Crippen molar-refractivity contribution in [1.29, 1.82) is 0 Å². The van der Waals surface area contributed by atoms with Gasteiger partial charge in [0.2, 0.25) is 11.8 Å². The van der Waals surface area contributed by atoms with Crippen LogP contribution in [0.5, 0.6) is 5.88 Å². The number of hydrogen-bond acceptors (Lipinski definition) is 5. The predicted molar refractivity (Wildman–Crippen MR) is 106 cm³/mol. The molecule has 3 heterocycles. The van der Waals surface area contributed by atoms with Crippen molar-refractivity contribution >= 4 is 22.6 Å². The predicted octanol–water partition coefficient (Wildman–Crippen LogP) is 4.06. The quantitative estimate of drug-likeness (QED) is 0.536. The Morgan fingerprint density at radius 1 is 1.29 bits per heavy atom. The molecule has 0 aliphatic rings. The molecule has 1 amide bonds. The second kappa shape index (κ2) is 8.86. The van der Waals surface area contributed by atoms with Crippen LogP contribution in [-0.2, 0) is 11.3 Å². The number of rotatable bonds is 8. The lowest BCUT2D eigenvalue weighted by atomic mass is 10.2. The maximum Gasteiger partial charge on any atom is 0.340 e. The van der Waals surface area contributed by atoms with Crippen molar-refractivity contribution in [3.05, 3.63) is 41.9 Å². The monoisotopic (exact) mass is 439 g/mol. The molecule has 0 aliphatic heterocycles. The van der Waals surface area contributed by atoms with E-state index in [2.05, 4.69) is 20.4 Å². The Labute approximate surface area is 175 Å². The highest BCUT2D eigenvalue weighted by Gasteiger charge is 2.42. The summed E-state index contributed by atoms with van der Waals surface area (Å²) in [5.74, 6) is -4.36. The van der Waals surface area contributed by atoms with Gasteiger partial charge in [0.15, 0.2) is 6.61 Å². The number of aryl methyl sites for hydroxylation is 1. The van der Waals surface area contributed by atoms with Gasteiger partial charge in [-0.25, -0.2) is 18.7 Å². The zero-order chi connectivity index (χ0) is 22.8. The standard InChI is InChI=1S/C20H21F4N5O2/c1-11(2)17(30)27-16-14-9-29(28-15(14)4-5-25-16)8-13-6-12(3)18(26-7-13)31-10-20(23,24)19(21)22/h4-7,9,11,19H,8,10H2,1-3H3,(H,25,27,30). The van der Waals surface area contributed by atoms with Crippen molar-refractivity contribution in [2.75, 3.05) is 11.9 Å². The normalized spacial score (nSPS) is 12.0. The van der Waals surface area contributed by atoms with Crippen molar-refractivity contribution in [3.63, 3.8) is 0 Å². The van der Waals surface area contributed by atoms with Crippen molar-refractivity contribution in [2.24, 2.45) is 5.92 Å². The summed E-state index contributed by atoms with van der Waals surface area (Å²) in [6, 6.07) is 3.36. The molecule has 0 atom stereocenters. The van der Waals surface area contributed by atoms with E-state index in [1.165, 1.54) is 6.20 Å². The Morgan fingerprint density at radius 3 is 2.68 bits per heavy atom. The van der Waals surface area contributed by atoms with Crippen molar-refractivity contribution in [2.45, 2.75) is 39.7 Å². The van der Waals surface area contributed by atoms with Crippen molar-refractivity contribution in [1.82, 2.24) is 19.7 Å². The van der Waals surface area contributed by atoms with E-state index in [1.807, 2.05) is 0 Å². The molecule has 3 rings (SSSR count). The third-order valence-corrected chi connectivity index (χ3v) is 4.40. The van der Waals surface area contributed by atoms with E-state index >= 15 is 0 Å². The summed E-state index contributed by atoms with van der Waals surface area (Å²) in [4.78, 5) is 20.1. The second-order valence-electron chi connectivity index (χ2n) is 7.38. The third kappa shape index (κ3) is 5.28. The molecular formula is C20H21F4N5O2. The SMILES string of the molecule is Cc1cc(Cn2cc3c(NC(=O)C(C)C)nccc3n2)cnc1OCC(F)(F)C(F)F. The summed E-state index contributed by atoms with van der Waals surface area (Å²) in [6.07, 6.45) is 0.851. The molecule has 0 radical (unpaired) electrons. The highest BCUT2D eigenvalue weighted by molar-refractivity contribution is 5.99. The van der Waals surface area contributed by atoms with E-state index in [9.17, 15) is 22.4 Å². The Kier molecular flexibility index (Phi) is 6.42. The van der Waals surface area contributed by atoms with Crippen LogP contribution in [0, 0.1) is 12.8 Å². The van der Waals surface area contributed by atoms with Gasteiger partial charge in [0.25, 0.3) is 0 Å². The summed E-state index contributed by atoms with van der Waals surface area (Å²) >= 11 is 0. The summed E-state index contributed by atoms with van der Waals surface area (Å²) in [5.41, 5.74) is 1.75. The van der Waals surface area contributed by atoms with Gasteiger partial charge in [-0.2, -0.15) is 13.9 Å². The minimum atomic E-state index is -4.25. The van der Waals surface area contributed by atoms with Crippen LogP contribution in [0.25, 0.3) is 10.9 Å². The molecule has 0 saturated heterocycles. The van der Waals surface area contributed by atoms with Crippen LogP contribution in [0.1, 0.15) is 25.0 Å². The number of pyridine rings is 2. The van der Waals surface area contributed by atoms with Gasteiger partial charge in [0.1, 0.15) is 5.82 Å². The molecule has 0 saturated carbocycles. The Morgan fingerprint density at radius 2 is 2.03 bits per heavy atom. The van der Waals surface area contributed by atoms with Crippen LogP contribution in [0.2, 0.25) is 0 Å². The molecule has 166 valence electrons. The Balaban J connectivity index is 1.75. The Bertz CT molecular complexity index is 1080. The number of amides is 1. The van der Waals surface area contributed by atoms with Gasteiger partial charge >= 0.3 is 12.3 Å². The number of anilines is 1. The summed E-state index contributed by atoms with van der Waals surface area (Å²) in [5, 5.41) is 7.87. The molecule has 31 heavy (non-hydrogen) atoms. The number of nitrogens with one attached hydrogen (secondary N) is 1. The molecule has 11 heteroatoms. The van der Waals surface area contributed by atoms with Crippen molar-refractivity contribution in [3.8, 4) is 5.88 Å². The first-order valence-corrected chi connectivity index (χ1v) is 9.44. The van der Waals surface area contributed by atoms with Crippen LogP contribution in [0.15, 0.2) is 30.7 Å². The maximum absolute atomic E-state index is 13.0. The number of carbonyl (C=O) groups excluding carboxylic acids is 1. The minimum absolute atomic E-state index is 0.141. The van der Waals surface area contributed by atoms with Crippen LogP contribution in [0.3, 0.4) is 0 Å². The van der Waals surface area contributed by atoms with Gasteiger partial charge in [-0.05, 0) is 24.6 Å². The van der Waals surface area contributed by atoms with Crippen LogP contribution < -0.4 is 10.1 Å².